The number of rotatable bonds is 10. The van der Waals surface area contributed by atoms with Gasteiger partial charge in [0, 0.05) is 6.54 Å². The van der Waals surface area contributed by atoms with Crippen molar-refractivity contribution in [1.82, 2.24) is 10.6 Å². The molecule has 26 heavy (non-hydrogen) atoms. The standard InChI is InChI=1S/C22H29N3.ClH/c23-12-5-6-13-24-14-7-15-25-17-22-20-10-3-1-8-18(20)16-19-9-2-4-11-21(19)22;/h1-4,8-11,16,24-25H,5-7,12-15,17,23H2;1H. The van der Waals surface area contributed by atoms with Gasteiger partial charge in [-0.3, -0.25) is 0 Å². The van der Waals surface area contributed by atoms with Crippen LogP contribution in [-0.4, -0.2) is 26.2 Å². The van der Waals surface area contributed by atoms with Gasteiger partial charge in [-0.2, -0.15) is 0 Å². The minimum absolute atomic E-state index is 0. The first-order chi connectivity index (χ1) is 12.4. The Hall–Kier alpha value is -1.65. The monoisotopic (exact) mass is 371 g/mol. The Kier molecular flexibility index (Phi) is 8.86. The molecule has 4 N–H and O–H groups in total. The quantitative estimate of drug-likeness (QED) is 0.369. The summed E-state index contributed by atoms with van der Waals surface area (Å²) in [6.07, 6.45) is 3.43. The van der Waals surface area contributed by atoms with Crippen LogP contribution in [0.15, 0.2) is 54.6 Å². The second-order valence-corrected chi connectivity index (χ2v) is 6.57. The van der Waals surface area contributed by atoms with Crippen molar-refractivity contribution >= 4 is 34.0 Å². The van der Waals surface area contributed by atoms with Crippen LogP contribution in [0.2, 0.25) is 0 Å². The molecule has 0 aliphatic rings. The van der Waals surface area contributed by atoms with Crippen molar-refractivity contribution in [3.05, 3.63) is 60.2 Å². The number of halogens is 1. The van der Waals surface area contributed by atoms with Crippen LogP contribution >= 0.6 is 12.4 Å². The molecule has 0 aliphatic heterocycles. The van der Waals surface area contributed by atoms with E-state index in [0.717, 1.165) is 45.6 Å². The van der Waals surface area contributed by atoms with Gasteiger partial charge >= 0.3 is 0 Å². The second-order valence-electron chi connectivity index (χ2n) is 6.57. The molecular formula is C22H30ClN3. The number of hydrogen-bond acceptors (Lipinski definition) is 3. The molecule has 0 amide bonds. The Morgan fingerprint density at radius 1 is 0.692 bits per heavy atom. The summed E-state index contributed by atoms with van der Waals surface area (Å²) in [6.45, 7) is 4.87. The first-order valence-electron chi connectivity index (χ1n) is 9.41. The average molecular weight is 372 g/mol. The third kappa shape index (κ3) is 5.42. The van der Waals surface area contributed by atoms with Crippen molar-refractivity contribution < 1.29 is 0 Å². The minimum Gasteiger partial charge on any atom is -0.330 e. The molecule has 0 unspecified atom stereocenters. The van der Waals surface area contributed by atoms with Crippen LogP contribution in [0, 0.1) is 0 Å². The van der Waals surface area contributed by atoms with Crippen LogP contribution in [0.3, 0.4) is 0 Å². The molecule has 0 bridgehead atoms. The molecule has 3 rings (SSSR count). The lowest BCUT2D eigenvalue weighted by Crippen LogP contribution is -2.23. The minimum atomic E-state index is 0. The molecule has 140 valence electrons. The maximum atomic E-state index is 5.51. The summed E-state index contributed by atoms with van der Waals surface area (Å²) in [6, 6.07) is 19.7. The molecule has 3 aromatic carbocycles. The highest BCUT2D eigenvalue weighted by molar-refractivity contribution is 6.02. The maximum Gasteiger partial charge on any atom is 0.0217 e. The highest BCUT2D eigenvalue weighted by Crippen LogP contribution is 2.28. The van der Waals surface area contributed by atoms with Crippen molar-refractivity contribution in [3.8, 4) is 0 Å². The van der Waals surface area contributed by atoms with E-state index in [1.165, 1.54) is 33.5 Å². The molecule has 3 nitrogen and oxygen atoms in total. The second kappa shape index (κ2) is 11.1. The molecule has 4 heteroatoms. The molecule has 0 saturated heterocycles. The fraction of sp³-hybridized carbons (Fsp3) is 0.364. The molecular weight excluding hydrogens is 342 g/mol. The van der Waals surface area contributed by atoms with Gasteiger partial charge in [0.15, 0.2) is 0 Å². The number of hydrogen-bond donors (Lipinski definition) is 3. The van der Waals surface area contributed by atoms with Gasteiger partial charge in [-0.1, -0.05) is 48.5 Å². The highest BCUT2D eigenvalue weighted by Gasteiger charge is 2.06. The van der Waals surface area contributed by atoms with Crippen LogP contribution < -0.4 is 16.4 Å². The average Bonchev–Trinajstić information content (AvgIpc) is 2.66. The van der Waals surface area contributed by atoms with E-state index in [4.69, 9.17) is 5.73 Å². The number of benzene rings is 3. The zero-order valence-corrected chi connectivity index (χ0v) is 16.2. The number of nitrogens with two attached hydrogens (primary N) is 1. The summed E-state index contributed by atoms with van der Waals surface area (Å²) in [7, 11) is 0. The Labute approximate surface area is 162 Å². The smallest absolute Gasteiger partial charge is 0.0217 e. The van der Waals surface area contributed by atoms with Gasteiger partial charge < -0.3 is 16.4 Å². The van der Waals surface area contributed by atoms with E-state index in [1.54, 1.807) is 0 Å². The third-order valence-corrected chi connectivity index (χ3v) is 4.70. The van der Waals surface area contributed by atoms with Crippen molar-refractivity contribution in [2.75, 3.05) is 26.2 Å². The highest BCUT2D eigenvalue weighted by atomic mass is 35.5. The molecule has 0 aromatic heterocycles. The van der Waals surface area contributed by atoms with Gasteiger partial charge in [0.2, 0.25) is 0 Å². The van der Waals surface area contributed by atoms with Gasteiger partial charge in [-0.25, -0.2) is 0 Å². The summed E-state index contributed by atoms with van der Waals surface area (Å²) in [4.78, 5) is 0. The Balaban J connectivity index is 0.00000243. The topological polar surface area (TPSA) is 50.1 Å². The van der Waals surface area contributed by atoms with Crippen LogP contribution in [0.1, 0.15) is 24.8 Å². The lowest BCUT2D eigenvalue weighted by molar-refractivity contribution is 0.577. The van der Waals surface area contributed by atoms with Crippen LogP contribution in [-0.2, 0) is 6.54 Å². The molecule has 0 saturated carbocycles. The van der Waals surface area contributed by atoms with E-state index in [9.17, 15) is 0 Å². The van der Waals surface area contributed by atoms with E-state index >= 15 is 0 Å². The van der Waals surface area contributed by atoms with E-state index in [-0.39, 0.29) is 12.4 Å². The van der Waals surface area contributed by atoms with Gasteiger partial charge in [-0.15, -0.1) is 12.4 Å². The Morgan fingerprint density at radius 2 is 1.27 bits per heavy atom. The largest absolute Gasteiger partial charge is 0.330 e. The summed E-state index contributed by atoms with van der Waals surface area (Å²) in [5, 5.41) is 12.5. The number of unbranched alkanes of at least 4 members (excludes halogenated alkanes) is 1. The molecule has 0 atom stereocenters. The Bertz CT molecular complexity index is 750. The molecule has 0 aliphatic carbocycles. The van der Waals surface area contributed by atoms with Crippen molar-refractivity contribution in [1.29, 1.82) is 0 Å². The normalized spacial score (nSPS) is 11.0. The van der Waals surface area contributed by atoms with E-state index in [0.29, 0.717) is 0 Å². The fourth-order valence-corrected chi connectivity index (χ4v) is 3.37. The zero-order chi connectivity index (χ0) is 17.3. The van der Waals surface area contributed by atoms with Gasteiger partial charge in [-0.05, 0) is 78.6 Å². The lowest BCUT2D eigenvalue weighted by Gasteiger charge is -2.13. The molecule has 0 spiro atoms. The van der Waals surface area contributed by atoms with E-state index in [1.807, 2.05) is 0 Å². The predicted octanol–water partition coefficient (Wildman–Crippen LogP) is 4.22. The summed E-state index contributed by atoms with van der Waals surface area (Å²) >= 11 is 0. The summed E-state index contributed by atoms with van der Waals surface area (Å²) in [5.74, 6) is 0. The zero-order valence-electron chi connectivity index (χ0n) is 15.3. The van der Waals surface area contributed by atoms with E-state index in [2.05, 4.69) is 65.2 Å². The predicted molar refractivity (Wildman–Crippen MR) is 116 cm³/mol. The summed E-state index contributed by atoms with van der Waals surface area (Å²) < 4.78 is 0. The van der Waals surface area contributed by atoms with Gasteiger partial charge in [0.25, 0.3) is 0 Å². The Morgan fingerprint density at radius 3 is 1.92 bits per heavy atom. The first-order valence-corrected chi connectivity index (χ1v) is 9.41. The van der Waals surface area contributed by atoms with Crippen molar-refractivity contribution in [3.63, 3.8) is 0 Å². The molecule has 0 radical (unpaired) electrons. The van der Waals surface area contributed by atoms with Gasteiger partial charge in [0.05, 0.1) is 0 Å². The molecule has 0 fully saturated rings. The van der Waals surface area contributed by atoms with Crippen LogP contribution in [0.5, 0.6) is 0 Å². The maximum absolute atomic E-state index is 5.51. The third-order valence-electron chi connectivity index (χ3n) is 4.70. The number of nitrogens with one attached hydrogen (secondary N) is 2. The SMILES string of the molecule is Cl.NCCCCNCCCNCc1c2ccccc2cc2ccccc12. The molecule has 3 aromatic rings. The number of fused-ring (bicyclic) bond motifs is 2. The van der Waals surface area contributed by atoms with Gasteiger partial charge in [0.1, 0.15) is 0 Å². The summed E-state index contributed by atoms with van der Waals surface area (Å²) in [5.41, 5.74) is 6.91. The lowest BCUT2D eigenvalue weighted by atomic mass is 9.97. The van der Waals surface area contributed by atoms with Crippen molar-refractivity contribution in [2.24, 2.45) is 5.73 Å². The van der Waals surface area contributed by atoms with Crippen LogP contribution in [0.25, 0.3) is 21.5 Å². The van der Waals surface area contributed by atoms with E-state index < -0.39 is 0 Å². The van der Waals surface area contributed by atoms with Crippen molar-refractivity contribution in [2.45, 2.75) is 25.8 Å². The fourth-order valence-electron chi connectivity index (χ4n) is 3.37. The first kappa shape index (κ1) is 20.7. The molecule has 0 heterocycles. The van der Waals surface area contributed by atoms with Crippen LogP contribution in [0.4, 0.5) is 0 Å².